The highest BCUT2D eigenvalue weighted by molar-refractivity contribution is 7.12. The van der Waals surface area contributed by atoms with E-state index in [9.17, 15) is 4.79 Å². The zero-order valence-electron chi connectivity index (χ0n) is 8.58. The Morgan fingerprint density at radius 3 is 2.94 bits per heavy atom. The SMILES string of the molecule is CN(Cc1cscn1)c1csc(C(=O)O)c1. The van der Waals surface area contributed by atoms with E-state index < -0.39 is 5.97 Å². The van der Waals surface area contributed by atoms with Crippen molar-refractivity contribution < 1.29 is 9.90 Å². The van der Waals surface area contributed by atoms with Gasteiger partial charge < -0.3 is 10.0 Å². The van der Waals surface area contributed by atoms with Crippen molar-refractivity contribution in [3.8, 4) is 0 Å². The molecular weight excluding hydrogens is 244 g/mol. The van der Waals surface area contributed by atoms with Gasteiger partial charge >= 0.3 is 5.97 Å². The molecule has 0 aliphatic heterocycles. The van der Waals surface area contributed by atoms with E-state index in [-0.39, 0.29) is 0 Å². The van der Waals surface area contributed by atoms with Crippen LogP contribution in [0.15, 0.2) is 22.3 Å². The van der Waals surface area contributed by atoms with Crippen LogP contribution in [-0.4, -0.2) is 23.1 Å². The van der Waals surface area contributed by atoms with Crippen LogP contribution < -0.4 is 4.90 Å². The summed E-state index contributed by atoms with van der Waals surface area (Å²) in [4.78, 5) is 17.3. The van der Waals surface area contributed by atoms with Gasteiger partial charge in [-0.3, -0.25) is 0 Å². The molecule has 0 aromatic carbocycles. The topological polar surface area (TPSA) is 53.4 Å². The molecular formula is C10H10N2O2S2. The quantitative estimate of drug-likeness (QED) is 0.911. The van der Waals surface area contributed by atoms with Crippen LogP contribution in [0.3, 0.4) is 0 Å². The number of aromatic nitrogens is 1. The molecule has 0 bridgehead atoms. The van der Waals surface area contributed by atoms with Crippen LogP contribution in [0.5, 0.6) is 0 Å². The van der Waals surface area contributed by atoms with Gasteiger partial charge in [-0.25, -0.2) is 9.78 Å². The van der Waals surface area contributed by atoms with Gasteiger partial charge in [0.2, 0.25) is 0 Å². The molecule has 2 rings (SSSR count). The van der Waals surface area contributed by atoms with E-state index in [4.69, 9.17) is 5.11 Å². The van der Waals surface area contributed by atoms with Gasteiger partial charge in [0, 0.05) is 23.5 Å². The lowest BCUT2D eigenvalue weighted by Gasteiger charge is -2.15. The fourth-order valence-corrected chi connectivity index (χ4v) is 2.62. The molecule has 0 aliphatic rings. The van der Waals surface area contributed by atoms with Gasteiger partial charge in [-0.15, -0.1) is 22.7 Å². The maximum atomic E-state index is 10.7. The standard InChI is InChI=1S/C10H10N2O2S2/c1-12(3-7-4-15-6-11-7)8-2-9(10(13)14)16-5-8/h2,4-6H,3H2,1H3,(H,13,14). The lowest BCUT2D eigenvalue weighted by Crippen LogP contribution is -2.15. The van der Waals surface area contributed by atoms with Crippen LogP contribution in [0.1, 0.15) is 15.4 Å². The first kappa shape index (κ1) is 11.1. The van der Waals surface area contributed by atoms with E-state index in [2.05, 4.69) is 4.98 Å². The van der Waals surface area contributed by atoms with E-state index in [1.807, 2.05) is 22.7 Å². The minimum atomic E-state index is -0.877. The second kappa shape index (κ2) is 4.63. The summed E-state index contributed by atoms with van der Waals surface area (Å²) in [5.74, 6) is -0.877. The number of carbonyl (C=O) groups is 1. The van der Waals surface area contributed by atoms with Gasteiger partial charge in [-0.1, -0.05) is 0 Å². The van der Waals surface area contributed by atoms with Crippen LogP contribution >= 0.6 is 22.7 Å². The molecule has 2 aromatic rings. The Labute approximate surface area is 101 Å². The highest BCUT2D eigenvalue weighted by atomic mass is 32.1. The van der Waals surface area contributed by atoms with E-state index in [0.29, 0.717) is 11.4 Å². The third kappa shape index (κ3) is 2.40. The Morgan fingerprint density at radius 1 is 1.56 bits per heavy atom. The largest absolute Gasteiger partial charge is 0.477 e. The first-order valence-electron chi connectivity index (χ1n) is 4.57. The Hall–Kier alpha value is -1.40. The summed E-state index contributed by atoms with van der Waals surface area (Å²) in [7, 11) is 1.92. The predicted octanol–water partition coefficient (Wildman–Crippen LogP) is 2.54. The molecule has 0 aliphatic carbocycles. The minimum Gasteiger partial charge on any atom is -0.477 e. The Balaban J connectivity index is 2.08. The molecule has 2 aromatic heterocycles. The van der Waals surface area contributed by atoms with Crippen molar-refractivity contribution in [3.63, 3.8) is 0 Å². The van der Waals surface area contributed by atoms with Crippen molar-refractivity contribution in [2.45, 2.75) is 6.54 Å². The fourth-order valence-electron chi connectivity index (χ4n) is 1.29. The summed E-state index contributed by atoms with van der Waals surface area (Å²) in [5.41, 5.74) is 3.70. The smallest absolute Gasteiger partial charge is 0.345 e. The van der Waals surface area contributed by atoms with Crippen LogP contribution in [0.25, 0.3) is 0 Å². The molecule has 0 saturated heterocycles. The second-order valence-corrected chi connectivity index (χ2v) is 4.94. The number of rotatable bonds is 4. The zero-order chi connectivity index (χ0) is 11.5. The summed E-state index contributed by atoms with van der Waals surface area (Å²) in [6.07, 6.45) is 0. The lowest BCUT2D eigenvalue weighted by atomic mass is 10.3. The molecule has 0 unspecified atom stereocenters. The molecule has 0 spiro atoms. The maximum Gasteiger partial charge on any atom is 0.345 e. The number of carboxylic acids is 1. The number of anilines is 1. The molecule has 84 valence electrons. The van der Waals surface area contributed by atoms with Gasteiger partial charge in [0.1, 0.15) is 4.88 Å². The van der Waals surface area contributed by atoms with Gasteiger partial charge in [-0.05, 0) is 6.07 Å². The van der Waals surface area contributed by atoms with Crippen LogP contribution in [0.4, 0.5) is 5.69 Å². The number of thiazole rings is 1. The summed E-state index contributed by atoms with van der Waals surface area (Å²) in [5, 5.41) is 12.6. The number of carboxylic acid groups (broad SMARTS) is 1. The van der Waals surface area contributed by atoms with E-state index in [1.54, 1.807) is 22.9 Å². The molecule has 16 heavy (non-hydrogen) atoms. The van der Waals surface area contributed by atoms with Crippen LogP contribution in [0.2, 0.25) is 0 Å². The van der Waals surface area contributed by atoms with E-state index in [0.717, 1.165) is 11.4 Å². The van der Waals surface area contributed by atoms with Crippen molar-refractivity contribution in [2.24, 2.45) is 0 Å². The summed E-state index contributed by atoms with van der Waals surface area (Å²) in [6, 6.07) is 1.68. The third-order valence-electron chi connectivity index (χ3n) is 2.12. The van der Waals surface area contributed by atoms with Crippen molar-refractivity contribution in [1.29, 1.82) is 0 Å². The Morgan fingerprint density at radius 2 is 2.38 bits per heavy atom. The van der Waals surface area contributed by atoms with Gasteiger partial charge in [-0.2, -0.15) is 0 Å². The van der Waals surface area contributed by atoms with Crippen LogP contribution in [-0.2, 0) is 6.54 Å². The van der Waals surface area contributed by atoms with E-state index >= 15 is 0 Å². The van der Waals surface area contributed by atoms with Crippen molar-refractivity contribution in [1.82, 2.24) is 4.98 Å². The third-order valence-corrected chi connectivity index (χ3v) is 3.66. The Kier molecular flexibility index (Phi) is 3.21. The average Bonchev–Trinajstić information content (AvgIpc) is 2.86. The average molecular weight is 254 g/mol. The zero-order valence-corrected chi connectivity index (χ0v) is 10.2. The Bertz CT molecular complexity index is 479. The number of nitrogens with zero attached hydrogens (tertiary/aromatic N) is 2. The fraction of sp³-hybridized carbons (Fsp3) is 0.200. The lowest BCUT2D eigenvalue weighted by molar-refractivity contribution is 0.0702. The highest BCUT2D eigenvalue weighted by Gasteiger charge is 2.10. The summed E-state index contributed by atoms with van der Waals surface area (Å²) in [6.45, 7) is 0.694. The van der Waals surface area contributed by atoms with Crippen LogP contribution in [0, 0.1) is 0 Å². The maximum absolute atomic E-state index is 10.7. The molecule has 0 amide bonds. The molecule has 4 nitrogen and oxygen atoms in total. The van der Waals surface area contributed by atoms with Gasteiger partial charge in [0.15, 0.2) is 0 Å². The predicted molar refractivity (Wildman–Crippen MR) is 65.5 cm³/mol. The highest BCUT2D eigenvalue weighted by Crippen LogP contribution is 2.23. The molecule has 2 heterocycles. The van der Waals surface area contributed by atoms with Gasteiger partial charge in [0.25, 0.3) is 0 Å². The van der Waals surface area contributed by atoms with Crippen molar-refractivity contribution in [2.75, 3.05) is 11.9 Å². The molecule has 0 atom stereocenters. The molecule has 0 radical (unpaired) electrons. The number of hydrogen-bond acceptors (Lipinski definition) is 5. The molecule has 0 fully saturated rings. The minimum absolute atomic E-state index is 0.361. The molecule has 1 N–H and O–H groups in total. The van der Waals surface area contributed by atoms with E-state index in [1.165, 1.54) is 11.3 Å². The van der Waals surface area contributed by atoms with Gasteiger partial charge in [0.05, 0.1) is 17.7 Å². The number of hydrogen-bond donors (Lipinski definition) is 1. The molecule has 6 heteroatoms. The molecule has 0 saturated carbocycles. The van der Waals surface area contributed by atoms with Crippen molar-refractivity contribution >= 4 is 34.3 Å². The van der Waals surface area contributed by atoms with Crippen molar-refractivity contribution in [3.05, 3.63) is 32.9 Å². The normalized spacial score (nSPS) is 10.3. The summed E-state index contributed by atoms with van der Waals surface area (Å²) >= 11 is 2.80. The number of aromatic carboxylic acids is 1. The first-order chi connectivity index (χ1) is 7.66. The number of thiophene rings is 1. The monoisotopic (exact) mass is 254 g/mol. The summed E-state index contributed by atoms with van der Waals surface area (Å²) < 4.78 is 0. The second-order valence-electron chi connectivity index (χ2n) is 3.31. The first-order valence-corrected chi connectivity index (χ1v) is 6.39.